The van der Waals surface area contributed by atoms with E-state index in [1.165, 1.54) is 0 Å². The third-order valence-electron chi connectivity index (χ3n) is 5.25. The molecule has 1 aromatic heterocycles. The number of rotatable bonds is 7. The minimum absolute atomic E-state index is 0.00974. The summed E-state index contributed by atoms with van der Waals surface area (Å²) >= 11 is 6.04. The Kier molecular flexibility index (Phi) is 7.26. The van der Waals surface area contributed by atoms with Crippen molar-refractivity contribution >= 4 is 23.5 Å². The normalized spacial score (nSPS) is 18.1. The van der Waals surface area contributed by atoms with E-state index < -0.39 is 0 Å². The summed E-state index contributed by atoms with van der Waals surface area (Å²) in [6.07, 6.45) is 7.33. The Labute approximate surface area is 172 Å². The topological polar surface area (TPSA) is 58.1 Å². The molecular weight excluding hydrogens is 372 g/mol. The van der Waals surface area contributed by atoms with Crippen LogP contribution in [0.1, 0.15) is 51.1 Å². The Balaban J connectivity index is 1.67. The second-order valence-corrected chi connectivity index (χ2v) is 8.35. The molecule has 3 rings (SSSR count). The average molecular weight is 401 g/mol. The fourth-order valence-electron chi connectivity index (χ4n) is 3.63. The number of amides is 1. The van der Waals surface area contributed by atoms with Gasteiger partial charge in [-0.25, -0.2) is 9.97 Å². The third kappa shape index (κ3) is 5.68. The molecule has 1 aromatic carbocycles. The number of aromatic nitrogens is 2. The maximum Gasteiger partial charge on any atom is 0.225 e. The standard InChI is InChI=1S/C22H29ClN4O/c1-16(2)6-11-20(17-7-9-19(23)10-8-17)26-21(28)18-5-3-14-27(15-18)22-24-12-4-13-25-22/h4,7-10,12-13,16,18,20H,3,5-6,11,14-15H2,1-2H3,(H,26,28). The van der Waals surface area contributed by atoms with E-state index >= 15 is 0 Å². The highest BCUT2D eigenvalue weighted by Gasteiger charge is 2.28. The Hall–Kier alpha value is -2.14. The van der Waals surface area contributed by atoms with E-state index in [2.05, 4.69) is 34.0 Å². The lowest BCUT2D eigenvalue weighted by Gasteiger charge is -2.33. The first kappa shape index (κ1) is 20.6. The van der Waals surface area contributed by atoms with E-state index in [1.54, 1.807) is 12.4 Å². The number of carbonyl (C=O) groups excluding carboxylic acids is 1. The quantitative estimate of drug-likeness (QED) is 0.735. The number of halogens is 1. The zero-order chi connectivity index (χ0) is 19.9. The van der Waals surface area contributed by atoms with Gasteiger partial charge in [-0.15, -0.1) is 0 Å². The minimum Gasteiger partial charge on any atom is -0.349 e. The highest BCUT2D eigenvalue weighted by molar-refractivity contribution is 6.30. The molecule has 1 aliphatic heterocycles. The molecule has 1 fully saturated rings. The van der Waals surface area contributed by atoms with Gasteiger partial charge in [0.15, 0.2) is 0 Å². The highest BCUT2D eigenvalue weighted by atomic mass is 35.5. The molecule has 2 atom stereocenters. The molecule has 1 N–H and O–H groups in total. The summed E-state index contributed by atoms with van der Waals surface area (Å²) in [5, 5.41) is 4.01. The molecular formula is C22H29ClN4O. The molecule has 0 saturated carbocycles. The highest BCUT2D eigenvalue weighted by Crippen LogP contribution is 2.25. The summed E-state index contributed by atoms with van der Waals surface area (Å²) in [5.41, 5.74) is 1.11. The largest absolute Gasteiger partial charge is 0.349 e. The smallest absolute Gasteiger partial charge is 0.225 e. The maximum atomic E-state index is 13.1. The van der Waals surface area contributed by atoms with Crippen molar-refractivity contribution in [2.75, 3.05) is 18.0 Å². The van der Waals surface area contributed by atoms with Crippen molar-refractivity contribution in [1.29, 1.82) is 0 Å². The Morgan fingerprint density at radius 2 is 1.93 bits per heavy atom. The summed E-state index contributed by atoms with van der Waals surface area (Å²) in [4.78, 5) is 23.8. The van der Waals surface area contributed by atoms with Crippen molar-refractivity contribution in [2.45, 2.75) is 45.6 Å². The lowest BCUT2D eigenvalue weighted by molar-refractivity contribution is -0.126. The molecule has 0 bridgehead atoms. The van der Waals surface area contributed by atoms with Gasteiger partial charge in [0.2, 0.25) is 11.9 Å². The third-order valence-corrected chi connectivity index (χ3v) is 5.50. The lowest BCUT2D eigenvalue weighted by Crippen LogP contribution is -2.44. The van der Waals surface area contributed by atoms with Crippen molar-refractivity contribution in [3.05, 3.63) is 53.3 Å². The van der Waals surface area contributed by atoms with E-state index in [0.29, 0.717) is 23.4 Å². The lowest BCUT2D eigenvalue weighted by atomic mass is 9.94. The molecule has 5 nitrogen and oxygen atoms in total. The summed E-state index contributed by atoms with van der Waals surface area (Å²) in [6.45, 7) is 5.97. The molecule has 0 spiro atoms. The van der Waals surface area contributed by atoms with Crippen LogP contribution in [-0.2, 0) is 4.79 Å². The van der Waals surface area contributed by atoms with Crippen molar-refractivity contribution in [3.8, 4) is 0 Å². The predicted molar refractivity (Wildman–Crippen MR) is 113 cm³/mol. The van der Waals surface area contributed by atoms with Crippen LogP contribution in [0.3, 0.4) is 0 Å². The Morgan fingerprint density at radius 1 is 1.21 bits per heavy atom. The second kappa shape index (κ2) is 9.87. The van der Waals surface area contributed by atoms with E-state index in [1.807, 2.05) is 30.3 Å². The summed E-state index contributed by atoms with van der Waals surface area (Å²) in [7, 11) is 0. The molecule has 2 aromatic rings. The van der Waals surface area contributed by atoms with Gasteiger partial charge in [-0.2, -0.15) is 0 Å². The van der Waals surface area contributed by atoms with Gasteiger partial charge in [0.1, 0.15) is 0 Å². The summed E-state index contributed by atoms with van der Waals surface area (Å²) in [5.74, 6) is 1.36. The SMILES string of the molecule is CC(C)CCC(NC(=O)C1CCCN(c2ncccn2)C1)c1ccc(Cl)cc1. The van der Waals surface area contributed by atoms with Crippen LogP contribution in [0.15, 0.2) is 42.7 Å². The molecule has 0 aliphatic carbocycles. The van der Waals surface area contributed by atoms with Gasteiger partial charge in [0.05, 0.1) is 12.0 Å². The van der Waals surface area contributed by atoms with Crippen molar-refractivity contribution in [1.82, 2.24) is 15.3 Å². The number of benzene rings is 1. The average Bonchev–Trinajstić information content (AvgIpc) is 2.72. The molecule has 2 unspecified atom stereocenters. The number of piperidine rings is 1. The Bertz CT molecular complexity index is 751. The molecule has 2 heterocycles. The zero-order valence-electron chi connectivity index (χ0n) is 16.6. The molecule has 1 saturated heterocycles. The van der Waals surface area contributed by atoms with Crippen molar-refractivity contribution < 1.29 is 4.79 Å². The first-order valence-electron chi connectivity index (χ1n) is 10.1. The van der Waals surface area contributed by atoms with Gasteiger partial charge >= 0.3 is 0 Å². The maximum absolute atomic E-state index is 13.1. The minimum atomic E-state index is -0.0496. The fourth-order valence-corrected chi connectivity index (χ4v) is 3.76. The molecule has 1 aliphatic rings. The second-order valence-electron chi connectivity index (χ2n) is 7.92. The molecule has 0 radical (unpaired) electrons. The van der Waals surface area contributed by atoms with Crippen molar-refractivity contribution in [2.24, 2.45) is 11.8 Å². The van der Waals surface area contributed by atoms with Crippen LogP contribution in [0.2, 0.25) is 5.02 Å². The van der Waals surface area contributed by atoms with Crippen LogP contribution < -0.4 is 10.2 Å². The number of hydrogen-bond acceptors (Lipinski definition) is 4. The summed E-state index contributed by atoms with van der Waals surface area (Å²) < 4.78 is 0. The van der Waals surface area contributed by atoms with Gasteiger partial charge < -0.3 is 10.2 Å². The first-order chi connectivity index (χ1) is 13.5. The summed E-state index contributed by atoms with van der Waals surface area (Å²) in [6, 6.07) is 9.62. The molecule has 150 valence electrons. The molecule has 1 amide bonds. The van der Waals surface area contributed by atoms with Gasteiger partial charge in [-0.05, 0) is 55.4 Å². The van der Waals surface area contributed by atoms with Gasteiger partial charge in [0.25, 0.3) is 0 Å². The fraction of sp³-hybridized carbons (Fsp3) is 0.500. The van der Waals surface area contributed by atoms with Crippen LogP contribution in [0.5, 0.6) is 0 Å². The number of nitrogens with one attached hydrogen (secondary N) is 1. The van der Waals surface area contributed by atoms with Crippen LogP contribution in [0.25, 0.3) is 0 Å². The first-order valence-corrected chi connectivity index (χ1v) is 10.5. The number of hydrogen-bond donors (Lipinski definition) is 1. The van der Waals surface area contributed by atoms with Gasteiger partial charge in [-0.3, -0.25) is 4.79 Å². The van der Waals surface area contributed by atoms with Crippen molar-refractivity contribution in [3.63, 3.8) is 0 Å². The van der Waals surface area contributed by atoms with Gasteiger partial charge in [0, 0.05) is 30.5 Å². The van der Waals surface area contributed by atoms with Gasteiger partial charge in [-0.1, -0.05) is 37.6 Å². The zero-order valence-corrected chi connectivity index (χ0v) is 17.4. The molecule has 28 heavy (non-hydrogen) atoms. The van der Waals surface area contributed by atoms with Crippen LogP contribution >= 0.6 is 11.6 Å². The Morgan fingerprint density at radius 3 is 2.61 bits per heavy atom. The molecule has 6 heteroatoms. The number of carbonyl (C=O) groups is 1. The van der Waals surface area contributed by atoms with E-state index in [0.717, 1.165) is 37.8 Å². The van der Waals surface area contributed by atoms with E-state index in [9.17, 15) is 4.79 Å². The van der Waals surface area contributed by atoms with Crippen LogP contribution in [0.4, 0.5) is 5.95 Å². The van der Waals surface area contributed by atoms with E-state index in [-0.39, 0.29) is 17.9 Å². The van der Waals surface area contributed by atoms with E-state index in [4.69, 9.17) is 11.6 Å². The van der Waals surface area contributed by atoms with Crippen LogP contribution in [-0.4, -0.2) is 29.0 Å². The predicted octanol–water partition coefficient (Wildman–Crippen LogP) is 4.64. The number of anilines is 1. The monoisotopic (exact) mass is 400 g/mol. The van der Waals surface area contributed by atoms with Crippen LogP contribution in [0, 0.1) is 11.8 Å². The number of nitrogens with zero attached hydrogens (tertiary/aromatic N) is 3.